The maximum atomic E-state index is 13.8. The minimum absolute atomic E-state index is 0.0916. The number of halogens is 2. The van der Waals surface area contributed by atoms with Crippen LogP contribution in [0.3, 0.4) is 0 Å². The smallest absolute Gasteiger partial charge is 0.319 e. The number of hydrogen-bond donors (Lipinski definition) is 0. The number of rotatable bonds is 1. The van der Waals surface area contributed by atoms with Crippen molar-refractivity contribution in [1.29, 1.82) is 0 Å². The van der Waals surface area contributed by atoms with Gasteiger partial charge in [-0.15, -0.1) is 0 Å². The molecule has 0 radical (unpaired) electrons. The normalized spacial score (nSPS) is 15.0. The van der Waals surface area contributed by atoms with Crippen LogP contribution in [0.1, 0.15) is 10.4 Å². The highest BCUT2D eigenvalue weighted by Gasteiger charge is 2.28. The number of piperazine rings is 1. The monoisotopic (exact) mass is 313 g/mol. The molecule has 5 nitrogen and oxygen atoms in total. The van der Waals surface area contributed by atoms with Gasteiger partial charge >= 0.3 is 6.03 Å². The molecule has 21 heavy (non-hydrogen) atoms. The zero-order valence-electron chi connectivity index (χ0n) is 12.0. The second kappa shape index (κ2) is 6.30. The van der Waals surface area contributed by atoms with Crippen molar-refractivity contribution in [2.75, 3.05) is 40.3 Å². The van der Waals surface area contributed by atoms with Crippen LogP contribution in [0.5, 0.6) is 0 Å². The summed E-state index contributed by atoms with van der Waals surface area (Å²) in [7, 11) is 3.36. The Labute approximate surface area is 127 Å². The maximum absolute atomic E-state index is 13.8. The Hall–Kier alpha value is -1.82. The molecule has 0 saturated carbocycles. The van der Waals surface area contributed by atoms with Crippen molar-refractivity contribution in [3.8, 4) is 0 Å². The lowest BCUT2D eigenvalue weighted by molar-refractivity contribution is 0.0646. The van der Waals surface area contributed by atoms with Gasteiger partial charge in [-0.2, -0.15) is 0 Å². The summed E-state index contributed by atoms with van der Waals surface area (Å²) >= 11 is 5.91. The first-order chi connectivity index (χ1) is 9.91. The average molecular weight is 314 g/mol. The Morgan fingerprint density at radius 2 is 1.71 bits per heavy atom. The van der Waals surface area contributed by atoms with Crippen LogP contribution in [0.2, 0.25) is 5.02 Å². The van der Waals surface area contributed by atoms with Gasteiger partial charge in [-0.05, 0) is 12.1 Å². The van der Waals surface area contributed by atoms with Gasteiger partial charge in [0.2, 0.25) is 0 Å². The third-order valence-corrected chi connectivity index (χ3v) is 3.71. The molecule has 1 aromatic carbocycles. The summed E-state index contributed by atoms with van der Waals surface area (Å²) in [5.74, 6) is -1.06. The predicted molar refractivity (Wildman–Crippen MR) is 78.0 cm³/mol. The second-order valence-electron chi connectivity index (χ2n) is 5.05. The summed E-state index contributed by atoms with van der Waals surface area (Å²) in [6, 6.07) is 4.07. The summed E-state index contributed by atoms with van der Waals surface area (Å²) in [6.07, 6.45) is 0. The Bertz CT molecular complexity index is 537. The number of carbonyl (C=O) groups excluding carboxylic acids is 2. The summed E-state index contributed by atoms with van der Waals surface area (Å²) < 4.78 is 13.8. The van der Waals surface area contributed by atoms with E-state index in [2.05, 4.69) is 0 Å². The quantitative estimate of drug-likeness (QED) is 0.795. The molecule has 0 aromatic heterocycles. The van der Waals surface area contributed by atoms with E-state index in [1.807, 2.05) is 0 Å². The first-order valence-electron chi connectivity index (χ1n) is 6.61. The van der Waals surface area contributed by atoms with Gasteiger partial charge in [0.05, 0.1) is 10.6 Å². The van der Waals surface area contributed by atoms with E-state index in [0.717, 1.165) is 0 Å². The third-order valence-electron chi connectivity index (χ3n) is 3.40. The summed E-state index contributed by atoms with van der Waals surface area (Å²) in [4.78, 5) is 28.8. The van der Waals surface area contributed by atoms with E-state index in [1.165, 1.54) is 28.0 Å². The van der Waals surface area contributed by atoms with Gasteiger partial charge in [-0.3, -0.25) is 4.79 Å². The van der Waals surface area contributed by atoms with Gasteiger partial charge in [-0.25, -0.2) is 9.18 Å². The maximum Gasteiger partial charge on any atom is 0.319 e. The fraction of sp³-hybridized carbons (Fsp3) is 0.429. The molecule has 0 N–H and O–H groups in total. The van der Waals surface area contributed by atoms with Crippen molar-refractivity contribution < 1.29 is 14.0 Å². The molecule has 0 aliphatic carbocycles. The minimum atomic E-state index is -0.626. The lowest BCUT2D eigenvalue weighted by Gasteiger charge is -2.36. The van der Waals surface area contributed by atoms with Gasteiger partial charge < -0.3 is 14.7 Å². The van der Waals surface area contributed by atoms with Crippen molar-refractivity contribution in [3.63, 3.8) is 0 Å². The Balaban J connectivity index is 2.06. The van der Waals surface area contributed by atoms with E-state index >= 15 is 0 Å². The van der Waals surface area contributed by atoms with Crippen molar-refractivity contribution in [2.24, 2.45) is 0 Å². The van der Waals surface area contributed by atoms with Crippen molar-refractivity contribution >= 4 is 23.5 Å². The van der Waals surface area contributed by atoms with Crippen LogP contribution in [0, 0.1) is 5.82 Å². The fourth-order valence-corrected chi connectivity index (χ4v) is 2.49. The highest BCUT2D eigenvalue weighted by molar-refractivity contribution is 6.33. The topological polar surface area (TPSA) is 43.9 Å². The molecule has 1 saturated heterocycles. The predicted octanol–water partition coefficient (Wildman–Crippen LogP) is 1.92. The Kier molecular flexibility index (Phi) is 4.67. The van der Waals surface area contributed by atoms with Crippen molar-refractivity contribution in [3.05, 3.63) is 34.6 Å². The van der Waals surface area contributed by atoms with Crippen molar-refractivity contribution in [1.82, 2.24) is 14.7 Å². The molecular formula is C14H17ClFN3O2. The minimum Gasteiger partial charge on any atom is -0.335 e. The van der Waals surface area contributed by atoms with Gasteiger partial charge in [0.25, 0.3) is 5.91 Å². The molecule has 3 amide bonds. The molecule has 1 aliphatic rings. The highest BCUT2D eigenvalue weighted by Crippen LogP contribution is 2.21. The van der Waals surface area contributed by atoms with Crippen LogP contribution in [0.25, 0.3) is 0 Å². The van der Waals surface area contributed by atoms with Gasteiger partial charge in [0.1, 0.15) is 5.82 Å². The molecule has 1 fully saturated rings. The van der Waals surface area contributed by atoms with E-state index in [0.29, 0.717) is 26.2 Å². The van der Waals surface area contributed by atoms with E-state index in [1.54, 1.807) is 19.0 Å². The van der Waals surface area contributed by atoms with E-state index in [9.17, 15) is 14.0 Å². The SMILES string of the molecule is CN(C)C(=O)N1CCN(C(=O)c2c(F)cccc2Cl)CC1. The molecule has 114 valence electrons. The molecule has 1 aliphatic heterocycles. The number of carbonyl (C=O) groups is 2. The van der Waals surface area contributed by atoms with Crippen LogP contribution in [0.4, 0.5) is 9.18 Å². The third kappa shape index (κ3) is 3.26. The number of hydrogen-bond acceptors (Lipinski definition) is 2. The van der Waals surface area contributed by atoms with Gasteiger partial charge in [0.15, 0.2) is 0 Å². The summed E-state index contributed by atoms with van der Waals surface area (Å²) in [6.45, 7) is 1.58. The Morgan fingerprint density at radius 3 is 2.24 bits per heavy atom. The van der Waals surface area contributed by atoms with Crippen LogP contribution >= 0.6 is 11.6 Å². The standard InChI is InChI=1S/C14H17ClFN3O2/c1-17(2)14(21)19-8-6-18(7-9-19)13(20)12-10(15)4-3-5-11(12)16/h3-5H,6-9H2,1-2H3. The molecule has 1 heterocycles. The van der Waals surface area contributed by atoms with E-state index in [-0.39, 0.29) is 16.6 Å². The van der Waals surface area contributed by atoms with Gasteiger partial charge in [-0.1, -0.05) is 17.7 Å². The first kappa shape index (κ1) is 15.6. The largest absolute Gasteiger partial charge is 0.335 e. The number of benzene rings is 1. The fourth-order valence-electron chi connectivity index (χ4n) is 2.24. The molecule has 1 aromatic rings. The summed E-state index contributed by atoms with van der Waals surface area (Å²) in [5.41, 5.74) is -0.105. The molecule has 0 bridgehead atoms. The van der Waals surface area contributed by atoms with Crippen LogP contribution in [0.15, 0.2) is 18.2 Å². The first-order valence-corrected chi connectivity index (χ1v) is 6.99. The molecule has 2 rings (SSSR count). The second-order valence-corrected chi connectivity index (χ2v) is 5.46. The van der Waals surface area contributed by atoms with E-state index < -0.39 is 11.7 Å². The molecule has 0 spiro atoms. The highest BCUT2D eigenvalue weighted by atomic mass is 35.5. The van der Waals surface area contributed by atoms with Crippen LogP contribution < -0.4 is 0 Å². The lowest BCUT2D eigenvalue weighted by Crippen LogP contribution is -2.53. The summed E-state index contributed by atoms with van der Waals surface area (Å²) in [5, 5.41) is 0.104. The zero-order valence-corrected chi connectivity index (χ0v) is 12.7. The Morgan fingerprint density at radius 1 is 1.14 bits per heavy atom. The van der Waals surface area contributed by atoms with Crippen LogP contribution in [-0.4, -0.2) is 66.9 Å². The molecule has 0 atom stereocenters. The lowest BCUT2D eigenvalue weighted by atomic mass is 10.1. The zero-order chi connectivity index (χ0) is 15.6. The molecule has 7 heteroatoms. The average Bonchev–Trinajstić information content (AvgIpc) is 2.46. The van der Waals surface area contributed by atoms with E-state index in [4.69, 9.17) is 11.6 Å². The van der Waals surface area contributed by atoms with Crippen LogP contribution in [-0.2, 0) is 0 Å². The molecule has 0 unspecified atom stereocenters. The number of urea groups is 1. The number of amides is 3. The number of nitrogens with zero attached hydrogens (tertiary/aromatic N) is 3. The van der Waals surface area contributed by atoms with Gasteiger partial charge in [0, 0.05) is 40.3 Å². The van der Waals surface area contributed by atoms with Crippen molar-refractivity contribution in [2.45, 2.75) is 0 Å². The molecular weight excluding hydrogens is 297 g/mol.